The highest BCUT2D eigenvalue weighted by Gasteiger charge is 2.48. The molecule has 23 heavy (non-hydrogen) atoms. The minimum absolute atomic E-state index is 0.171. The first-order chi connectivity index (χ1) is 11.2. The van der Waals surface area contributed by atoms with Crippen LogP contribution in [0.2, 0.25) is 0 Å². The van der Waals surface area contributed by atoms with E-state index in [4.69, 9.17) is 0 Å². The Morgan fingerprint density at radius 3 is 2.57 bits per heavy atom. The molecule has 2 aromatic rings. The number of carbonyl (C=O) groups is 1. The van der Waals surface area contributed by atoms with Gasteiger partial charge in [-0.3, -0.25) is 9.69 Å². The molecule has 2 aliphatic rings. The van der Waals surface area contributed by atoms with Crippen LogP contribution in [0, 0.1) is 0 Å². The topological polar surface area (TPSA) is 32.3 Å². The third-order valence-corrected chi connectivity index (χ3v) is 5.63. The summed E-state index contributed by atoms with van der Waals surface area (Å²) >= 11 is 3.54. The molecule has 4 rings (SSSR count). The van der Waals surface area contributed by atoms with E-state index in [9.17, 15) is 4.79 Å². The summed E-state index contributed by atoms with van der Waals surface area (Å²) in [4.78, 5) is 15.1. The van der Waals surface area contributed by atoms with Crippen molar-refractivity contribution >= 4 is 27.5 Å². The van der Waals surface area contributed by atoms with Gasteiger partial charge in [0.05, 0.1) is 5.41 Å². The Bertz CT molecular complexity index is 736. The van der Waals surface area contributed by atoms with Gasteiger partial charge in [-0.05, 0) is 55.3 Å². The van der Waals surface area contributed by atoms with E-state index in [-0.39, 0.29) is 11.3 Å². The van der Waals surface area contributed by atoms with Crippen LogP contribution in [0.5, 0.6) is 0 Å². The molecular weight excluding hydrogens is 352 g/mol. The van der Waals surface area contributed by atoms with E-state index >= 15 is 0 Å². The van der Waals surface area contributed by atoms with Crippen LogP contribution >= 0.6 is 15.9 Å². The largest absolute Gasteiger partial charge is 0.325 e. The summed E-state index contributed by atoms with van der Waals surface area (Å²) in [7, 11) is 0. The molecular formula is C19H19BrN2O. The zero-order valence-corrected chi connectivity index (χ0v) is 14.5. The number of hydrogen-bond donors (Lipinski definition) is 1. The van der Waals surface area contributed by atoms with Gasteiger partial charge in [-0.15, -0.1) is 0 Å². The molecule has 0 atom stereocenters. The van der Waals surface area contributed by atoms with Gasteiger partial charge in [0, 0.05) is 16.7 Å². The van der Waals surface area contributed by atoms with Crippen LogP contribution in [-0.4, -0.2) is 23.9 Å². The Kier molecular flexibility index (Phi) is 3.74. The van der Waals surface area contributed by atoms with Crippen LogP contribution in [0.15, 0.2) is 53.0 Å². The van der Waals surface area contributed by atoms with E-state index in [0.29, 0.717) is 0 Å². The Labute approximate surface area is 144 Å². The standard InChI is InChI=1S/C19H19BrN2O/c20-15-6-7-17-16(12-15)19(18(23)21-17)8-10-22(11-9-19)13-14-4-2-1-3-5-14/h1-7,12H,8-11,13H2,(H,21,23). The predicted molar refractivity (Wildman–Crippen MR) is 95.4 cm³/mol. The number of amides is 1. The Morgan fingerprint density at radius 2 is 1.83 bits per heavy atom. The number of hydrogen-bond acceptors (Lipinski definition) is 2. The fourth-order valence-corrected chi connectivity index (χ4v) is 4.18. The first-order valence-corrected chi connectivity index (χ1v) is 8.84. The molecule has 0 unspecified atom stereocenters. The Morgan fingerprint density at radius 1 is 1.09 bits per heavy atom. The van der Waals surface area contributed by atoms with Crippen molar-refractivity contribution in [3.8, 4) is 0 Å². The fraction of sp³-hybridized carbons (Fsp3) is 0.316. The van der Waals surface area contributed by atoms with Crippen molar-refractivity contribution in [3.63, 3.8) is 0 Å². The first-order valence-electron chi connectivity index (χ1n) is 8.05. The lowest BCUT2D eigenvalue weighted by Crippen LogP contribution is -2.46. The van der Waals surface area contributed by atoms with E-state index in [1.165, 1.54) is 5.56 Å². The normalized spacial score (nSPS) is 19.6. The van der Waals surface area contributed by atoms with Gasteiger partial charge < -0.3 is 5.32 Å². The number of nitrogens with one attached hydrogen (secondary N) is 1. The van der Waals surface area contributed by atoms with Crippen molar-refractivity contribution in [1.29, 1.82) is 0 Å². The lowest BCUT2D eigenvalue weighted by molar-refractivity contribution is -0.122. The van der Waals surface area contributed by atoms with Crippen LogP contribution in [0.4, 0.5) is 5.69 Å². The molecule has 3 nitrogen and oxygen atoms in total. The molecule has 118 valence electrons. The molecule has 2 aromatic carbocycles. The monoisotopic (exact) mass is 370 g/mol. The Hall–Kier alpha value is -1.65. The summed E-state index contributed by atoms with van der Waals surface area (Å²) in [5.41, 5.74) is 3.14. The molecule has 1 amide bonds. The number of anilines is 1. The van der Waals surface area contributed by atoms with Crippen LogP contribution in [0.3, 0.4) is 0 Å². The molecule has 0 aromatic heterocycles. The van der Waals surface area contributed by atoms with Crippen molar-refractivity contribution in [3.05, 3.63) is 64.1 Å². The summed E-state index contributed by atoms with van der Waals surface area (Å²) in [5, 5.41) is 3.07. The number of fused-ring (bicyclic) bond motifs is 2. The molecule has 0 bridgehead atoms. The molecule has 0 radical (unpaired) electrons. The average molecular weight is 371 g/mol. The predicted octanol–water partition coefficient (Wildman–Crippen LogP) is 3.94. The van der Waals surface area contributed by atoms with Gasteiger partial charge >= 0.3 is 0 Å². The van der Waals surface area contributed by atoms with Crippen molar-refractivity contribution < 1.29 is 4.79 Å². The van der Waals surface area contributed by atoms with E-state index < -0.39 is 0 Å². The van der Waals surface area contributed by atoms with E-state index in [0.717, 1.165) is 48.2 Å². The molecule has 0 aliphatic carbocycles. The van der Waals surface area contributed by atoms with Gasteiger partial charge in [-0.25, -0.2) is 0 Å². The maximum Gasteiger partial charge on any atom is 0.235 e. The molecule has 1 saturated heterocycles. The van der Waals surface area contributed by atoms with Crippen molar-refractivity contribution in [2.24, 2.45) is 0 Å². The second-order valence-corrected chi connectivity index (χ2v) is 7.40. The van der Waals surface area contributed by atoms with Crippen LogP contribution in [-0.2, 0) is 16.8 Å². The lowest BCUT2D eigenvalue weighted by atomic mass is 9.73. The quantitative estimate of drug-likeness (QED) is 0.868. The van der Waals surface area contributed by atoms with E-state index in [2.05, 4.69) is 56.5 Å². The van der Waals surface area contributed by atoms with E-state index in [1.807, 2.05) is 18.2 Å². The zero-order valence-electron chi connectivity index (χ0n) is 12.9. The second-order valence-electron chi connectivity index (χ2n) is 6.49. The highest BCUT2D eigenvalue weighted by atomic mass is 79.9. The molecule has 4 heteroatoms. The van der Waals surface area contributed by atoms with Gasteiger partial charge in [0.25, 0.3) is 0 Å². The fourth-order valence-electron chi connectivity index (χ4n) is 3.82. The maximum atomic E-state index is 12.6. The van der Waals surface area contributed by atoms with Crippen LogP contribution < -0.4 is 5.32 Å². The summed E-state index contributed by atoms with van der Waals surface area (Å²) in [5.74, 6) is 0.171. The molecule has 1 spiro atoms. The minimum atomic E-state index is -0.341. The molecule has 2 heterocycles. The number of nitrogens with zero attached hydrogens (tertiary/aromatic N) is 1. The van der Waals surface area contributed by atoms with Gasteiger partial charge in [-0.2, -0.15) is 0 Å². The van der Waals surface area contributed by atoms with Crippen LogP contribution in [0.25, 0.3) is 0 Å². The maximum absolute atomic E-state index is 12.6. The summed E-state index contributed by atoms with van der Waals surface area (Å²) in [6, 6.07) is 16.6. The third-order valence-electron chi connectivity index (χ3n) is 5.14. The third kappa shape index (κ3) is 2.60. The number of carbonyl (C=O) groups excluding carboxylic acids is 1. The summed E-state index contributed by atoms with van der Waals surface area (Å²) in [6.07, 6.45) is 1.77. The molecule has 1 fully saturated rings. The lowest BCUT2D eigenvalue weighted by Gasteiger charge is -2.38. The molecule has 1 N–H and O–H groups in total. The first kappa shape index (κ1) is 14.9. The Balaban J connectivity index is 1.53. The van der Waals surface area contributed by atoms with Gasteiger partial charge in [0.2, 0.25) is 5.91 Å². The highest BCUT2D eigenvalue weighted by molar-refractivity contribution is 9.10. The van der Waals surface area contributed by atoms with Crippen molar-refractivity contribution in [2.45, 2.75) is 24.8 Å². The number of rotatable bonds is 2. The van der Waals surface area contributed by atoms with Crippen molar-refractivity contribution in [2.75, 3.05) is 18.4 Å². The van der Waals surface area contributed by atoms with Crippen LogP contribution in [0.1, 0.15) is 24.0 Å². The van der Waals surface area contributed by atoms with Gasteiger partial charge in [0.1, 0.15) is 0 Å². The second kappa shape index (κ2) is 5.77. The summed E-state index contributed by atoms with van der Waals surface area (Å²) < 4.78 is 1.04. The van der Waals surface area contributed by atoms with Gasteiger partial charge in [-0.1, -0.05) is 46.3 Å². The number of likely N-dealkylation sites (tertiary alicyclic amines) is 1. The zero-order chi connectivity index (χ0) is 15.9. The van der Waals surface area contributed by atoms with Crippen molar-refractivity contribution in [1.82, 2.24) is 4.90 Å². The summed E-state index contributed by atoms with van der Waals surface area (Å²) in [6.45, 7) is 2.87. The SMILES string of the molecule is O=C1Nc2ccc(Br)cc2C12CCN(Cc1ccccc1)CC2. The van der Waals surface area contributed by atoms with Gasteiger partial charge in [0.15, 0.2) is 0 Å². The molecule has 0 saturated carbocycles. The smallest absolute Gasteiger partial charge is 0.235 e. The average Bonchev–Trinajstić information content (AvgIpc) is 2.83. The number of benzene rings is 2. The van der Waals surface area contributed by atoms with E-state index in [1.54, 1.807) is 0 Å². The molecule has 2 aliphatic heterocycles. The minimum Gasteiger partial charge on any atom is -0.325 e. The number of piperidine rings is 1. The highest BCUT2D eigenvalue weighted by Crippen LogP contribution is 2.45. The number of halogens is 1.